The lowest BCUT2D eigenvalue weighted by atomic mass is 10.1. The Balaban J connectivity index is 1.80. The number of ketones is 2. The fraction of sp³-hybridized carbons (Fsp3) is 0.840. The Labute approximate surface area is 193 Å². The molecule has 32 heavy (non-hydrogen) atoms. The molecule has 1 atom stereocenters. The van der Waals surface area contributed by atoms with Gasteiger partial charge in [0.05, 0.1) is 46.2 Å². The topological polar surface area (TPSA) is 80.3 Å². The standard InChI is InChI=1S/C25H42O7/c1-22(2)25(27)12-14-29-16-18-31-20-19-30-17-15-28-13-8-9-23(26)21-32-24-10-6-4-3-5-7-11-24/h22,24H,3-6,8-10,12-21H2,1-2H3. The monoisotopic (exact) mass is 454 g/mol. The van der Waals surface area contributed by atoms with Crippen LogP contribution in [0.15, 0.2) is 0 Å². The highest BCUT2D eigenvalue weighted by Crippen LogP contribution is 2.11. The van der Waals surface area contributed by atoms with Crippen LogP contribution < -0.4 is 0 Å². The molecule has 0 bridgehead atoms. The van der Waals surface area contributed by atoms with E-state index in [1.807, 2.05) is 13.8 Å². The van der Waals surface area contributed by atoms with Gasteiger partial charge in [0.25, 0.3) is 0 Å². The SMILES string of the molecule is CC(C)C(=O)CCOCCOCCOCCOCCCC(=O)COC1C#CCCCCC1. The Kier molecular flexibility index (Phi) is 18.2. The van der Waals surface area contributed by atoms with Gasteiger partial charge in [-0.05, 0) is 25.7 Å². The Morgan fingerprint density at radius 1 is 0.812 bits per heavy atom. The molecule has 1 rings (SSSR count). The molecule has 0 spiro atoms. The van der Waals surface area contributed by atoms with Gasteiger partial charge in [-0.1, -0.05) is 26.2 Å². The number of Topliss-reactive ketones (excluding diaryl/α,β-unsaturated/α-hetero) is 2. The first-order valence-electron chi connectivity index (χ1n) is 12.0. The fourth-order valence-corrected chi connectivity index (χ4v) is 2.96. The van der Waals surface area contributed by atoms with Crippen molar-refractivity contribution in [3.05, 3.63) is 0 Å². The molecular weight excluding hydrogens is 412 g/mol. The van der Waals surface area contributed by atoms with E-state index in [2.05, 4.69) is 11.8 Å². The van der Waals surface area contributed by atoms with Gasteiger partial charge in [0, 0.05) is 31.8 Å². The van der Waals surface area contributed by atoms with Crippen molar-refractivity contribution in [3.8, 4) is 11.8 Å². The summed E-state index contributed by atoms with van der Waals surface area (Å²) >= 11 is 0. The summed E-state index contributed by atoms with van der Waals surface area (Å²) in [5.41, 5.74) is 0. The van der Waals surface area contributed by atoms with Crippen LogP contribution in [-0.2, 0) is 33.3 Å². The first kappa shape index (κ1) is 28.7. The summed E-state index contributed by atoms with van der Waals surface area (Å²) in [4.78, 5) is 23.4. The second kappa shape index (κ2) is 20.3. The van der Waals surface area contributed by atoms with Gasteiger partial charge in [0.1, 0.15) is 18.5 Å². The fourth-order valence-electron chi connectivity index (χ4n) is 2.96. The van der Waals surface area contributed by atoms with Crippen molar-refractivity contribution in [3.63, 3.8) is 0 Å². The van der Waals surface area contributed by atoms with Crippen LogP contribution in [0, 0.1) is 17.8 Å². The maximum absolute atomic E-state index is 11.9. The molecule has 0 saturated heterocycles. The summed E-state index contributed by atoms with van der Waals surface area (Å²) in [7, 11) is 0. The minimum atomic E-state index is -0.0930. The van der Waals surface area contributed by atoms with Gasteiger partial charge in [0.15, 0.2) is 5.78 Å². The van der Waals surface area contributed by atoms with Crippen LogP contribution in [-0.4, -0.2) is 77.1 Å². The molecule has 0 N–H and O–H groups in total. The zero-order valence-corrected chi connectivity index (χ0v) is 20.0. The minimum absolute atomic E-state index is 0.0640. The number of hydrogen-bond donors (Lipinski definition) is 0. The lowest BCUT2D eigenvalue weighted by molar-refractivity contribution is -0.125. The highest BCUT2D eigenvalue weighted by Gasteiger charge is 2.10. The van der Waals surface area contributed by atoms with Crippen LogP contribution in [0.5, 0.6) is 0 Å². The highest BCUT2D eigenvalue weighted by atomic mass is 16.6. The van der Waals surface area contributed by atoms with Crippen LogP contribution in [0.1, 0.15) is 65.2 Å². The maximum Gasteiger partial charge on any atom is 0.158 e. The average molecular weight is 455 g/mol. The number of carbonyl (C=O) groups is 2. The van der Waals surface area contributed by atoms with E-state index in [0.717, 1.165) is 25.7 Å². The van der Waals surface area contributed by atoms with E-state index < -0.39 is 0 Å². The van der Waals surface area contributed by atoms with Crippen molar-refractivity contribution in [2.24, 2.45) is 5.92 Å². The molecule has 0 aromatic carbocycles. The third kappa shape index (κ3) is 17.3. The molecule has 1 aliphatic carbocycles. The van der Waals surface area contributed by atoms with Gasteiger partial charge in [-0.3, -0.25) is 9.59 Å². The molecule has 0 radical (unpaired) electrons. The molecule has 7 heteroatoms. The smallest absolute Gasteiger partial charge is 0.158 e. The van der Waals surface area contributed by atoms with E-state index in [-0.39, 0.29) is 30.2 Å². The van der Waals surface area contributed by atoms with Gasteiger partial charge < -0.3 is 23.7 Å². The van der Waals surface area contributed by atoms with E-state index in [0.29, 0.717) is 72.1 Å². The predicted molar refractivity (Wildman–Crippen MR) is 123 cm³/mol. The van der Waals surface area contributed by atoms with Crippen LogP contribution in [0.2, 0.25) is 0 Å². The zero-order chi connectivity index (χ0) is 23.3. The zero-order valence-electron chi connectivity index (χ0n) is 20.0. The molecule has 0 saturated carbocycles. The van der Waals surface area contributed by atoms with Crippen molar-refractivity contribution in [1.29, 1.82) is 0 Å². The van der Waals surface area contributed by atoms with E-state index >= 15 is 0 Å². The van der Waals surface area contributed by atoms with Crippen LogP contribution in [0.25, 0.3) is 0 Å². The molecule has 184 valence electrons. The third-order valence-electron chi connectivity index (χ3n) is 4.97. The Morgan fingerprint density at radius 2 is 1.44 bits per heavy atom. The summed E-state index contributed by atoms with van der Waals surface area (Å²) in [5.74, 6) is 6.62. The molecule has 7 nitrogen and oxygen atoms in total. The molecule has 0 fully saturated rings. The van der Waals surface area contributed by atoms with Crippen molar-refractivity contribution in [1.82, 2.24) is 0 Å². The molecule has 1 aliphatic rings. The third-order valence-corrected chi connectivity index (χ3v) is 4.97. The normalized spacial score (nSPS) is 16.3. The number of ether oxygens (including phenoxy) is 5. The van der Waals surface area contributed by atoms with Crippen LogP contribution in [0.3, 0.4) is 0 Å². The Bertz CT molecular complexity index is 550. The summed E-state index contributed by atoms with van der Waals surface area (Å²) in [6.07, 6.45) is 6.83. The van der Waals surface area contributed by atoms with E-state index in [4.69, 9.17) is 23.7 Å². The highest BCUT2D eigenvalue weighted by molar-refractivity contribution is 5.80. The lowest BCUT2D eigenvalue weighted by Gasteiger charge is -2.13. The Morgan fingerprint density at radius 3 is 2.09 bits per heavy atom. The quantitative estimate of drug-likeness (QED) is 0.206. The second-order valence-electron chi connectivity index (χ2n) is 8.18. The van der Waals surface area contributed by atoms with Crippen molar-refractivity contribution in [2.45, 2.75) is 71.3 Å². The molecule has 0 aromatic rings. The average Bonchev–Trinajstić information content (AvgIpc) is 2.75. The number of rotatable bonds is 20. The number of hydrogen-bond acceptors (Lipinski definition) is 7. The summed E-state index contributed by atoms with van der Waals surface area (Å²) in [5, 5.41) is 0. The number of carbonyl (C=O) groups excluding carboxylic acids is 2. The maximum atomic E-state index is 11.9. The second-order valence-corrected chi connectivity index (χ2v) is 8.18. The van der Waals surface area contributed by atoms with Gasteiger partial charge in [-0.2, -0.15) is 0 Å². The van der Waals surface area contributed by atoms with Gasteiger partial charge >= 0.3 is 0 Å². The van der Waals surface area contributed by atoms with Crippen LogP contribution >= 0.6 is 0 Å². The first-order valence-corrected chi connectivity index (χ1v) is 12.0. The molecular formula is C25H42O7. The van der Waals surface area contributed by atoms with Gasteiger partial charge in [0.2, 0.25) is 0 Å². The molecule has 1 unspecified atom stereocenters. The summed E-state index contributed by atoms with van der Waals surface area (Å²) < 4.78 is 27.3. The van der Waals surface area contributed by atoms with Crippen molar-refractivity contribution in [2.75, 3.05) is 59.5 Å². The summed E-state index contributed by atoms with van der Waals surface area (Å²) in [6.45, 7) is 7.85. The lowest BCUT2D eigenvalue weighted by Crippen LogP contribution is -2.18. The molecule has 0 amide bonds. The van der Waals surface area contributed by atoms with Crippen LogP contribution in [0.4, 0.5) is 0 Å². The molecule has 0 aromatic heterocycles. The Hall–Kier alpha value is -1.30. The first-order chi connectivity index (χ1) is 15.6. The van der Waals surface area contributed by atoms with E-state index in [1.165, 1.54) is 6.42 Å². The van der Waals surface area contributed by atoms with Crippen molar-refractivity contribution < 1.29 is 33.3 Å². The minimum Gasteiger partial charge on any atom is -0.379 e. The molecule has 0 heterocycles. The van der Waals surface area contributed by atoms with Gasteiger partial charge in [-0.15, -0.1) is 5.92 Å². The van der Waals surface area contributed by atoms with Gasteiger partial charge in [-0.25, -0.2) is 0 Å². The van der Waals surface area contributed by atoms with E-state index in [1.54, 1.807) is 0 Å². The van der Waals surface area contributed by atoms with E-state index in [9.17, 15) is 9.59 Å². The predicted octanol–water partition coefficient (Wildman–Crippen LogP) is 3.37. The molecule has 0 aliphatic heterocycles. The largest absolute Gasteiger partial charge is 0.379 e. The summed E-state index contributed by atoms with van der Waals surface area (Å²) in [6, 6.07) is 0. The van der Waals surface area contributed by atoms with Crippen molar-refractivity contribution >= 4 is 11.6 Å².